The number of nitrogens with two attached hydrogens (primary N) is 1. The van der Waals surface area contributed by atoms with Gasteiger partial charge in [-0.3, -0.25) is 9.59 Å². The number of amides is 3. The summed E-state index contributed by atoms with van der Waals surface area (Å²) in [6.07, 6.45) is 0.471. The van der Waals surface area contributed by atoms with Crippen LogP contribution in [0.4, 0.5) is 10.5 Å². The van der Waals surface area contributed by atoms with Gasteiger partial charge in [-0.2, -0.15) is 0 Å². The summed E-state index contributed by atoms with van der Waals surface area (Å²) in [6, 6.07) is 25.0. The fourth-order valence-corrected chi connectivity index (χ4v) is 4.48. The van der Waals surface area contributed by atoms with Crippen molar-refractivity contribution in [3.05, 3.63) is 102 Å². The first-order valence-corrected chi connectivity index (χ1v) is 12.4. The Morgan fingerprint density at radius 2 is 1.54 bits per heavy atom. The fraction of sp³-hybridized carbons (Fsp3) is 0.276. The first-order valence-electron chi connectivity index (χ1n) is 12.4. The number of nitrogens with zero attached hydrogens (tertiary/aromatic N) is 1. The van der Waals surface area contributed by atoms with E-state index in [1.165, 1.54) is 0 Å². The number of piperidine rings is 1. The molecule has 37 heavy (non-hydrogen) atoms. The van der Waals surface area contributed by atoms with Gasteiger partial charge in [0.05, 0.1) is 0 Å². The van der Waals surface area contributed by atoms with Crippen molar-refractivity contribution in [1.82, 2.24) is 10.2 Å². The van der Waals surface area contributed by atoms with E-state index >= 15 is 0 Å². The van der Waals surface area contributed by atoms with E-state index in [0.29, 0.717) is 43.7 Å². The zero-order valence-corrected chi connectivity index (χ0v) is 20.6. The summed E-state index contributed by atoms with van der Waals surface area (Å²) >= 11 is 0. The Morgan fingerprint density at radius 3 is 2.22 bits per heavy atom. The lowest BCUT2D eigenvalue weighted by atomic mass is 9.88. The molecule has 0 unspecified atom stereocenters. The van der Waals surface area contributed by atoms with Crippen LogP contribution in [0.2, 0.25) is 0 Å². The largest absolute Gasteiger partial charge is 0.445 e. The lowest BCUT2D eigenvalue weighted by Gasteiger charge is -2.35. The maximum Gasteiger partial charge on any atom is 0.408 e. The second kappa shape index (κ2) is 12.7. The summed E-state index contributed by atoms with van der Waals surface area (Å²) in [5, 5.41) is 5.69. The maximum atomic E-state index is 13.4. The summed E-state index contributed by atoms with van der Waals surface area (Å²) in [4.78, 5) is 40.7. The second-order valence-corrected chi connectivity index (χ2v) is 9.07. The van der Waals surface area contributed by atoms with Crippen molar-refractivity contribution >= 4 is 23.6 Å². The predicted octanol–water partition coefficient (Wildman–Crippen LogP) is 3.93. The lowest BCUT2D eigenvalue weighted by Crippen LogP contribution is -2.52. The fourth-order valence-electron chi connectivity index (χ4n) is 4.48. The summed E-state index contributed by atoms with van der Waals surface area (Å²) in [5.74, 6) is -0.533. The standard InChI is InChI=1S/C29H32N4O4/c30-19-22-10-7-13-25(18-22)31-27(34)26(32-29(36)37-20-21-8-3-1-4-9-21)23-14-16-33(17-15-23)28(35)24-11-5-2-6-12-24/h1-13,18,23,26H,14-17,19-20,30H2,(H,31,34)(H,32,36)/t26-/m1/s1. The molecule has 0 spiro atoms. The molecule has 0 aromatic heterocycles. The number of rotatable bonds is 8. The Morgan fingerprint density at radius 1 is 0.892 bits per heavy atom. The van der Waals surface area contributed by atoms with E-state index in [4.69, 9.17) is 10.5 Å². The Labute approximate surface area is 216 Å². The smallest absolute Gasteiger partial charge is 0.408 e. The SMILES string of the molecule is NCc1cccc(NC(=O)[C@H](NC(=O)OCc2ccccc2)C2CCN(C(=O)c3ccccc3)CC2)c1. The average Bonchev–Trinajstić information content (AvgIpc) is 2.95. The molecule has 1 fully saturated rings. The molecule has 0 saturated carbocycles. The molecule has 1 saturated heterocycles. The molecule has 1 heterocycles. The summed E-state index contributed by atoms with van der Waals surface area (Å²) in [5.41, 5.74) is 8.72. The van der Waals surface area contributed by atoms with E-state index in [2.05, 4.69) is 10.6 Å². The van der Waals surface area contributed by atoms with Gasteiger partial charge in [0.15, 0.2) is 0 Å². The van der Waals surface area contributed by atoms with Crippen LogP contribution in [0.25, 0.3) is 0 Å². The molecule has 1 aliphatic rings. The number of carbonyl (C=O) groups excluding carboxylic acids is 3. The normalized spacial score (nSPS) is 14.5. The van der Waals surface area contributed by atoms with Gasteiger partial charge in [0.25, 0.3) is 5.91 Å². The molecule has 3 aromatic carbocycles. The second-order valence-electron chi connectivity index (χ2n) is 9.07. The third-order valence-electron chi connectivity index (χ3n) is 6.52. The van der Waals surface area contributed by atoms with Crippen molar-refractivity contribution in [2.75, 3.05) is 18.4 Å². The van der Waals surface area contributed by atoms with Crippen LogP contribution >= 0.6 is 0 Å². The molecule has 1 aliphatic heterocycles. The van der Waals surface area contributed by atoms with Gasteiger partial charge in [-0.25, -0.2) is 4.79 Å². The summed E-state index contributed by atoms with van der Waals surface area (Å²) in [6.45, 7) is 1.44. The topological polar surface area (TPSA) is 114 Å². The molecule has 8 heteroatoms. The molecule has 0 aliphatic carbocycles. The van der Waals surface area contributed by atoms with Crippen LogP contribution in [0.3, 0.4) is 0 Å². The van der Waals surface area contributed by atoms with Gasteiger partial charge < -0.3 is 26.0 Å². The maximum absolute atomic E-state index is 13.4. The Kier molecular flexibility index (Phi) is 8.89. The van der Waals surface area contributed by atoms with Crippen LogP contribution in [-0.4, -0.2) is 41.9 Å². The quantitative estimate of drug-likeness (QED) is 0.434. The van der Waals surface area contributed by atoms with Crippen LogP contribution in [0.1, 0.15) is 34.3 Å². The molecule has 1 atom stereocenters. The number of hydrogen-bond donors (Lipinski definition) is 3. The van der Waals surface area contributed by atoms with Crippen molar-refractivity contribution in [1.29, 1.82) is 0 Å². The van der Waals surface area contributed by atoms with Crippen molar-refractivity contribution in [3.8, 4) is 0 Å². The summed E-state index contributed by atoms with van der Waals surface area (Å²) in [7, 11) is 0. The van der Waals surface area contributed by atoms with Gasteiger partial charge >= 0.3 is 6.09 Å². The molecular weight excluding hydrogens is 468 g/mol. The molecular formula is C29H32N4O4. The van der Waals surface area contributed by atoms with Gasteiger partial charge in [0.2, 0.25) is 5.91 Å². The molecule has 192 valence electrons. The van der Waals surface area contributed by atoms with Crippen LogP contribution in [-0.2, 0) is 22.7 Å². The minimum atomic E-state index is -0.821. The number of hydrogen-bond acceptors (Lipinski definition) is 5. The van der Waals surface area contributed by atoms with E-state index in [0.717, 1.165) is 11.1 Å². The highest BCUT2D eigenvalue weighted by Gasteiger charge is 2.34. The number of likely N-dealkylation sites (tertiary alicyclic amines) is 1. The van der Waals surface area contributed by atoms with Crippen molar-refractivity contribution in [2.45, 2.75) is 32.0 Å². The van der Waals surface area contributed by atoms with Gasteiger partial charge in [-0.15, -0.1) is 0 Å². The minimum Gasteiger partial charge on any atom is -0.445 e. The van der Waals surface area contributed by atoms with Gasteiger partial charge in [-0.05, 0) is 54.2 Å². The number of carbonyl (C=O) groups is 3. The third-order valence-corrected chi connectivity index (χ3v) is 6.52. The minimum absolute atomic E-state index is 0.0334. The third kappa shape index (κ3) is 7.17. The van der Waals surface area contributed by atoms with Crippen LogP contribution in [0.5, 0.6) is 0 Å². The number of alkyl carbamates (subject to hydrolysis) is 1. The Bertz CT molecular complexity index is 1190. The lowest BCUT2D eigenvalue weighted by molar-refractivity contribution is -0.119. The Balaban J connectivity index is 1.42. The molecule has 4 rings (SSSR count). The Hall–Kier alpha value is -4.17. The molecule has 8 nitrogen and oxygen atoms in total. The molecule has 4 N–H and O–H groups in total. The predicted molar refractivity (Wildman–Crippen MR) is 142 cm³/mol. The first-order chi connectivity index (χ1) is 18.0. The average molecular weight is 501 g/mol. The molecule has 3 amide bonds. The van der Waals surface area contributed by atoms with E-state index in [9.17, 15) is 14.4 Å². The van der Waals surface area contributed by atoms with Crippen molar-refractivity contribution in [3.63, 3.8) is 0 Å². The zero-order valence-electron chi connectivity index (χ0n) is 20.6. The number of nitrogens with one attached hydrogen (secondary N) is 2. The highest BCUT2D eigenvalue weighted by molar-refractivity contribution is 5.97. The van der Waals surface area contributed by atoms with E-state index < -0.39 is 12.1 Å². The van der Waals surface area contributed by atoms with E-state index in [1.54, 1.807) is 23.1 Å². The number of benzene rings is 3. The summed E-state index contributed by atoms with van der Waals surface area (Å²) < 4.78 is 5.39. The van der Waals surface area contributed by atoms with E-state index in [-0.39, 0.29) is 24.3 Å². The number of anilines is 1. The van der Waals surface area contributed by atoms with Gasteiger partial charge in [0.1, 0.15) is 12.6 Å². The van der Waals surface area contributed by atoms with Crippen LogP contribution in [0, 0.1) is 5.92 Å². The van der Waals surface area contributed by atoms with Crippen LogP contribution in [0.15, 0.2) is 84.9 Å². The number of ether oxygens (including phenoxy) is 1. The molecule has 0 bridgehead atoms. The highest BCUT2D eigenvalue weighted by Crippen LogP contribution is 2.24. The van der Waals surface area contributed by atoms with Gasteiger partial charge in [-0.1, -0.05) is 60.7 Å². The van der Waals surface area contributed by atoms with Crippen molar-refractivity contribution < 1.29 is 19.1 Å². The van der Waals surface area contributed by atoms with Crippen molar-refractivity contribution in [2.24, 2.45) is 11.7 Å². The molecule has 3 aromatic rings. The first kappa shape index (κ1) is 25.9. The monoisotopic (exact) mass is 500 g/mol. The van der Waals surface area contributed by atoms with E-state index in [1.807, 2.05) is 66.7 Å². The highest BCUT2D eigenvalue weighted by atomic mass is 16.5. The van der Waals surface area contributed by atoms with Crippen LogP contribution < -0.4 is 16.4 Å². The zero-order chi connectivity index (χ0) is 26.0. The van der Waals surface area contributed by atoms with Gasteiger partial charge in [0, 0.05) is 30.9 Å². The molecule has 0 radical (unpaired) electrons.